The number of amides is 2. The molecule has 0 aromatic carbocycles. The largest absolute Gasteiger partial charge is 0.371 e. The van der Waals surface area contributed by atoms with Crippen molar-refractivity contribution in [3.05, 3.63) is 0 Å². The van der Waals surface area contributed by atoms with Crippen molar-refractivity contribution in [2.24, 2.45) is 17.8 Å². The Hall–Kier alpha value is -1.10. The molecule has 1 N–H and O–H groups in total. The van der Waals surface area contributed by atoms with Gasteiger partial charge in [-0.15, -0.1) is 0 Å². The standard InChI is InChI=1S/C17H28N2O3/c1-12(2)15(20)18-8-13-6-7-17(22-9-13)10-19(11-17)16(21)14-4-3-5-14/h12-14H,3-11H2,1-2H3,(H,18,20). The summed E-state index contributed by atoms with van der Waals surface area (Å²) < 4.78 is 6.07. The van der Waals surface area contributed by atoms with Crippen molar-refractivity contribution in [2.75, 3.05) is 26.2 Å². The Labute approximate surface area is 132 Å². The van der Waals surface area contributed by atoms with E-state index in [0.717, 1.165) is 38.8 Å². The van der Waals surface area contributed by atoms with Crippen LogP contribution < -0.4 is 5.32 Å². The normalized spacial score (nSPS) is 27.4. The van der Waals surface area contributed by atoms with Crippen LogP contribution in [0.1, 0.15) is 46.0 Å². The molecule has 3 aliphatic rings. The fraction of sp³-hybridized carbons (Fsp3) is 0.882. The highest BCUT2D eigenvalue weighted by Gasteiger charge is 2.49. The molecule has 5 nitrogen and oxygen atoms in total. The second kappa shape index (κ2) is 6.19. The van der Waals surface area contributed by atoms with E-state index in [-0.39, 0.29) is 17.4 Å². The second-order valence-corrected chi connectivity index (χ2v) is 7.62. The Morgan fingerprint density at radius 2 is 2.00 bits per heavy atom. The molecule has 2 amide bonds. The molecule has 22 heavy (non-hydrogen) atoms. The molecule has 1 atom stereocenters. The Balaban J connectivity index is 1.38. The molecule has 1 saturated carbocycles. The quantitative estimate of drug-likeness (QED) is 0.857. The molecule has 1 aliphatic carbocycles. The van der Waals surface area contributed by atoms with Crippen LogP contribution in [0.2, 0.25) is 0 Å². The van der Waals surface area contributed by atoms with Gasteiger partial charge in [0.2, 0.25) is 11.8 Å². The maximum atomic E-state index is 12.2. The molecule has 2 aliphatic heterocycles. The maximum absolute atomic E-state index is 12.2. The van der Waals surface area contributed by atoms with E-state index in [4.69, 9.17) is 4.74 Å². The average Bonchev–Trinajstić information content (AvgIpc) is 2.40. The van der Waals surface area contributed by atoms with Gasteiger partial charge in [-0.1, -0.05) is 20.3 Å². The van der Waals surface area contributed by atoms with Crippen LogP contribution in [0.4, 0.5) is 0 Å². The van der Waals surface area contributed by atoms with Gasteiger partial charge in [-0.05, 0) is 31.6 Å². The fourth-order valence-corrected chi connectivity index (χ4v) is 3.50. The molecule has 1 unspecified atom stereocenters. The lowest BCUT2D eigenvalue weighted by molar-refractivity contribution is -0.192. The van der Waals surface area contributed by atoms with Gasteiger partial charge in [0.1, 0.15) is 5.60 Å². The summed E-state index contributed by atoms with van der Waals surface area (Å²) in [5.41, 5.74) is -0.0854. The minimum Gasteiger partial charge on any atom is -0.371 e. The molecule has 2 saturated heterocycles. The van der Waals surface area contributed by atoms with Gasteiger partial charge >= 0.3 is 0 Å². The topological polar surface area (TPSA) is 58.6 Å². The first-order valence-electron chi connectivity index (χ1n) is 8.69. The SMILES string of the molecule is CC(C)C(=O)NCC1CCC2(CN(C(=O)C3CCC3)C2)OC1. The summed E-state index contributed by atoms with van der Waals surface area (Å²) in [7, 11) is 0. The lowest BCUT2D eigenvalue weighted by Crippen LogP contribution is -2.67. The number of nitrogens with zero attached hydrogens (tertiary/aromatic N) is 1. The van der Waals surface area contributed by atoms with E-state index in [9.17, 15) is 9.59 Å². The second-order valence-electron chi connectivity index (χ2n) is 7.62. The van der Waals surface area contributed by atoms with Crippen LogP contribution in [0.3, 0.4) is 0 Å². The summed E-state index contributed by atoms with van der Waals surface area (Å²) in [5.74, 6) is 1.19. The minimum absolute atomic E-state index is 0.0357. The number of carbonyl (C=O) groups is 2. The molecule has 0 radical (unpaired) electrons. The van der Waals surface area contributed by atoms with Crippen LogP contribution in [-0.2, 0) is 14.3 Å². The first-order valence-corrected chi connectivity index (χ1v) is 8.69. The van der Waals surface area contributed by atoms with E-state index < -0.39 is 0 Å². The molecule has 124 valence electrons. The van der Waals surface area contributed by atoms with Gasteiger partial charge < -0.3 is 15.0 Å². The minimum atomic E-state index is -0.0854. The van der Waals surface area contributed by atoms with Gasteiger partial charge in [-0.25, -0.2) is 0 Å². The van der Waals surface area contributed by atoms with Gasteiger partial charge in [0.25, 0.3) is 0 Å². The van der Waals surface area contributed by atoms with Gasteiger partial charge in [0.05, 0.1) is 19.7 Å². The Bertz CT molecular complexity index is 429. The van der Waals surface area contributed by atoms with Crippen molar-refractivity contribution >= 4 is 11.8 Å². The van der Waals surface area contributed by atoms with E-state index in [1.165, 1.54) is 6.42 Å². The van der Waals surface area contributed by atoms with E-state index in [2.05, 4.69) is 5.32 Å². The van der Waals surface area contributed by atoms with Crippen molar-refractivity contribution < 1.29 is 14.3 Å². The van der Waals surface area contributed by atoms with Crippen molar-refractivity contribution in [3.8, 4) is 0 Å². The highest BCUT2D eigenvalue weighted by atomic mass is 16.5. The van der Waals surface area contributed by atoms with E-state index >= 15 is 0 Å². The zero-order valence-electron chi connectivity index (χ0n) is 13.8. The molecule has 0 aromatic heterocycles. The van der Waals surface area contributed by atoms with Gasteiger partial charge in [-0.3, -0.25) is 9.59 Å². The van der Waals surface area contributed by atoms with Crippen LogP contribution in [0.25, 0.3) is 0 Å². The van der Waals surface area contributed by atoms with Crippen LogP contribution in [0, 0.1) is 17.8 Å². The summed E-state index contributed by atoms with van der Waals surface area (Å²) in [6.45, 7) is 6.76. The maximum Gasteiger partial charge on any atom is 0.225 e. The van der Waals surface area contributed by atoms with Crippen molar-refractivity contribution in [2.45, 2.75) is 51.6 Å². The van der Waals surface area contributed by atoms with Gasteiger partial charge in [-0.2, -0.15) is 0 Å². The van der Waals surface area contributed by atoms with Crippen molar-refractivity contribution in [3.63, 3.8) is 0 Å². The summed E-state index contributed by atoms with van der Waals surface area (Å²) in [6.07, 6.45) is 5.42. The first kappa shape index (κ1) is 15.8. The summed E-state index contributed by atoms with van der Waals surface area (Å²) in [6, 6.07) is 0. The number of hydrogen-bond acceptors (Lipinski definition) is 3. The molecule has 3 rings (SSSR count). The molecule has 0 aromatic rings. The third-order valence-electron chi connectivity index (χ3n) is 5.45. The number of nitrogens with one attached hydrogen (secondary N) is 1. The number of rotatable bonds is 4. The average molecular weight is 308 g/mol. The van der Waals surface area contributed by atoms with Crippen LogP contribution in [0.5, 0.6) is 0 Å². The molecule has 3 fully saturated rings. The third-order valence-corrected chi connectivity index (χ3v) is 5.45. The first-order chi connectivity index (χ1) is 10.5. The van der Waals surface area contributed by atoms with Crippen LogP contribution in [0.15, 0.2) is 0 Å². The van der Waals surface area contributed by atoms with Crippen molar-refractivity contribution in [1.82, 2.24) is 10.2 Å². The molecular formula is C17H28N2O3. The number of hydrogen-bond donors (Lipinski definition) is 1. The Morgan fingerprint density at radius 1 is 1.27 bits per heavy atom. The van der Waals surface area contributed by atoms with E-state index in [1.807, 2.05) is 18.7 Å². The highest BCUT2D eigenvalue weighted by molar-refractivity contribution is 5.80. The Kier molecular flexibility index (Phi) is 4.44. The van der Waals surface area contributed by atoms with Crippen LogP contribution >= 0.6 is 0 Å². The smallest absolute Gasteiger partial charge is 0.225 e. The lowest BCUT2D eigenvalue weighted by atomic mass is 9.79. The van der Waals surface area contributed by atoms with E-state index in [0.29, 0.717) is 30.9 Å². The Morgan fingerprint density at radius 3 is 2.50 bits per heavy atom. The van der Waals surface area contributed by atoms with E-state index in [1.54, 1.807) is 0 Å². The molecule has 1 spiro atoms. The predicted molar refractivity (Wildman–Crippen MR) is 83.2 cm³/mol. The highest BCUT2D eigenvalue weighted by Crippen LogP contribution is 2.38. The number of likely N-dealkylation sites (tertiary alicyclic amines) is 1. The van der Waals surface area contributed by atoms with Crippen molar-refractivity contribution in [1.29, 1.82) is 0 Å². The lowest BCUT2D eigenvalue weighted by Gasteiger charge is -2.54. The molecular weight excluding hydrogens is 280 g/mol. The summed E-state index contributed by atoms with van der Waals surface area (Å²) in [4.78, 5) is 25.7. The number of carbonyl (C=O) groups excluding carboxylic acids is 2. The molecule has 2 heterocycles. The van der Waals surface area contributed by atoms with Gasteiger partial charge in [0, 0.05) is 18.4 Å². The van der Waals surface area contributed by atoms with Gasteiger partial charge in [0.15, 0.2) is 0 Å². The predicted octanol–water partition coefficient (Wildman–Crippen LogP) is 1.57. The monoisotopic (exact) mass is 308 g/mol. The zero-order chi connectivity index (χ0) is 15.7. The molecule has 5 heteroatoms. The fourth-order valence-electron chi connectivity index (χ4n) is 3.50. The summed E-state index contributed by atoms with van der Waals surface area (Å²) >= 11 is 0. The molecule has 0 bridgehead atoms. The summed E-state index contributed by atoms with van der Waals surface area (Å²) in [5, 5.41) is 2.99. The third kappa shape index (κ3) is 3.14. The number of ether oxygens (including phenoxy) is 1. The zero-order valence-corrected chi connectivity index (χ0v) is 13.8. The van der Waals surface area contributed by atoms with Crippen LogP contribution in [-0.4, -0.2) is 48.6 Å².